The van der Waals surface area contributed by atoms with Crippen LogP contribution in [0.5, 0.6) is 0 Å². The van der Waals surface area contributed by atoms with Crippen LogP contribution < -0.4 is 0 Å². The minimum absolute atomic E-state index is 0.209. The molecule has 0 radical (unpaired) electrons. The van der Waals surface area contributed by atoms with E-state index >= 15 is 0 Å². The van der Waals surface area contributed by atoms with Gasteiger partial charge in [0, 0.05) is 6.42 Å². The van der Waals surface area contributed by atoms with Crippen molar-refractivity contribution in [1.29, 1.82) is 0 Å². The van der Waals surface area contributed by atoms with Gasteiger partial charge in [0.15, 0.2) is 0 Å². The summed E-state index contributed by atoms with van der Waals surface area (Å²) in [4.78, 5) is 0. The first-order chi connectivity index (χ1) is 8.08. The van der Waals surface area contributed by atoms with E-state index in [1.165, 1.54) is 0 Å². The Balaban J connectivity index is 5.29. The molecule has 104 valence electrons. The van der Waals surface area contributed by atoms with E-state index in [1.54, 1.807) is 6.08 Å². The molecule has 0 aromatic heterocycles. The number of hydrogen-bond acceptors (Lipinski definition) is 0. The van der Waals surface area contributed by atoms with Gasteiger partial charge in [-0.15, -0.1) is 0 Å². The summed E-state index contributed by atoms with van der Waals surface area (Å²) in [5.74, 6) is -2.12. The Hall–Kier alpha value is -0.920. The molecule has 0 saturated heterocycles. The summed E-state index contributed by atoms with van der Waals surface area (Å²) in [5.41, 5.74) is 2.68. The van der Waals surface area contributed by atoms with Crippen LogP contribution in [0, 0.1) is 11.8 Å². The van der Waals surface area contributed by atoms with Crippen molar-refractivity contribution in [1.82, 2.24) is 0 Å². The van der Waals surface area contributed by atoms with E-state index in [4.69, 9.17) is 0 Å². The standard InChI is InChI=1S/C16H26F2/c1-8-14(10-16(7,17)18)15(12(4)5)9-13(6)11(2)3/h8-9,11-12H,6,10H2,1-5,7H3/b14-8-,15-9-. The van der Waals surface area contributed by atoms with Crippen molar-refractivity contribution in [2.24, 2.45) is 11.8 Å². The minimum atomic E-state index is -2.67. The zero-order valence-electron chi connectivity index (χ0n) is 12.5. The molecule has 2 heteroatoms. The first-order valence-corrected chi connectivity index (χ1v) is 6.52. The summed E-state index contributed by atoms with van der Waals surface area (Å²) in [6.07, 6.45) is 3.55. The van der Waals surface area contributed by atoms with Crippen molar-refractivity contribution in [3.05, 3.63) is 35.5 Å². The summed E-state index contributed by atoms with van der Waals surface area (Å²) >= 11 is 0. The maximum atomic E-state index is 13.2. The van der Waals surface area contributed by atoms with E-state index < -0.39 is 5.92 Å². The molecule has 0 spiro atoms. The predicted molar refractivity (Wildman–Crippen MR) is 75.9 cm³/mol. The van der Waals surface area contributed by atoms with Gasteiger partial charge in [0.1, 0.15) is 0 Å². The van der Waals surface area contributed by atoms with Crippen molar-refractivity contribution in [2.75, 3.05) is 0 Å². The molecule has 0 aromatic rings. The fourth-order valence-electron chi connectivity index (χ4n) is 1.70. The van der Waals surface area contributed by atoms with E-state index in [0.717, 1.165) is 23.6 Å². The van der Waals surface area contributed by atoms with Crippen molar-refractivity contribution in [3.63, 3.8) is 0 Å². The summed E-state index contributed by atoms with van der Waals surface area (Å²) in [6.45, 7) is 14.9. The third-order valence-corrected chi connectivity index (χ3v) is 2.92. The number of hydrogen-bond donors (Lipinski definition) is 0. The molecule has 18 heavy (non-hydrogen) atoms. The largest absolute Gasteiger partial charge is 0.249 e. The Morgan fingerprint density at radius 1 is 1.17 bits per heavy atom. The summed E-state index contributed by atoms with van der Waals surface area (Å²) < 4.78 is 26.4. The molecule has 0 aliphatic carbocycles. The lowest BCUT2D eigenvalue weighted by molar-refractivity contribution is 0.0229. The van der Waals surface area contributed by atoms with E-state index in [0.29, 0.717) is 5.92 Å². The molecule has 0 aliphatic heterocycles. The van der Waals surface area contributed by atoms with Gasteiger partial charge < -0.3 is 0 Å². The van der Waals surface area contributed by atoms with Gasteiger partial charge in [-0.25, -0.2) is 8.78 Å². The molecule has 0 nitrogen and oxygen atoms in total. The minimum Gasteiger partial charge on any atom is -0.207 e. The Labute approximate surface area is 110 Å². The van der Waals surface area contributed by atoms with Crippen LogP contribution in [0.15, 0.2) is 35.5 Å². The molecule has 0 heterocycles. The maximum Gasteiger partial charge on any atom is 0.249 e. The first kappa shape index (κ1) is 17.1. The smallest absolute Gasteiger partial charge is 0.207 e. The van der Waals surface area contributed by atoms with Gasteiger partial charge >= 0.3 is 0 Å². The molecular formula is C16H26F2. The van der Waals surface area contributed by atoms with Crippen LogP contribution in [-0.4, -0.2) is 5.92 Å². The molecule has 0 aromatic carbocycles. The fourth-order valence-corrected chi connectivity index (χ4v) is 1.70. The molecule has 0 bridgehead atoms. The van der Waals surface area contributed by atoms with Crippen molar-refractivity contribution in [2.45, 2.75) is 53.9 Å². The normalized spacial score (nSPS) is 14.6. The lowest BCUT2D eigenvalue weighted by atomic mass is 9.88. The highest BCUT2D eigenvalue weighted by atomic mass is 19.3. The van der Waals surface area contributed by atoms with E-state index in [9.17, 15) is 8.78 Å². The number of allylic oxidation sites excluding steroid dienone is 5. The van der Waals surface area contributed by atoms with Crippen LogP contribution in [0.25, 0.3) is 0 Å². The first-order valence-electron chi connectivity index (χ1n) is 6.52. The summed E-state index contributed by atoms with van der Waals surface area (Å²) in [5, 5.41) is 0. The zero-order chi connectivity index (χ0) is 14.5. The van der Waals surface area contributed by atoms with Crippen LogP contribution >= 0.6 is 0 Å². The van der Waals surface area contributed by atoms with Crippen LogP contribution in [0.3, 0.4) is 0 Å². The number of halogens is 2. The number of alkyl halides is 2. The van der Waals surface area contributed by atoms with Crippen LogP contribution in [0.2, 0.25) is 0 Å². The fraction of sp³-hybridized carbons (Fsp3) is 0.625. The van der Waals surface area contributed by atoms with Gasteiger partial charge in [-0.05, 0) is 36.8 Å². The Bertz CT molecular complexity index is 339. The lowest BCUT2D eigenvalue weighted by Crippen LogP contribution is -2.13. The van der Waals surface area contributed by atoms with Gasteiger partial charge in [0.05, 0.1) is 0 Å². The van der Waals surface area contributed by atoms with Gasteiger partial charge in [-0.3, -0.25) is 0 Å². The highest BCUT2D eigenvalue weighted by Gasteiger charge is 2.25. The molecule has 0 atom stereocenters. The molecule has 0 rings (SSSR count). The topological polar surface area (TPSA) is 0 Å². The molecular weight excluding hydrogens is 230 g/mol. The highest BCUT2D eigenvalue weighted by Crippen LogP contribution is 2.31. The Kier molecular flexibility index (Phi) is 6.51. The Morgan fingerprint density at radius 2 is 1.67 bits per heavy atom. The van der Waals surface area contributed by atoms with Gasteiger partial charge in [-0.1, -0.05) is 52.0 Å². The van der Waals surface area contributed by atoms with Gasteiger partial charge in [0.25, 0.3) is 0 Å². The van der Waals surface area contributed by atoms with Crippen molar-refractivity contribution >= 4 is 0 Å². The third-order valence-electron chi connectivity index (χ3n) is 2.92. The molecule has 0 saturated carbocycles. The van der Waals surface area contributed by atoms with Gasteiger partial charge in [0.2, 0.25) is 5.92 Å². The molecule has 0 unspecified atom stereocenters. The predicted octanol–water partition coefficient (Wildman–Crippen LogP) is 5.77. The summed E-state index contributed by atoms with van der Waals surface area (Å²) in [7, 11) is 0. The summed E-state index contributed by atoms with van der Waals surface area (Å²) in [6, 6.07) is 0. The average Bonchev–Trinajstić information content (AvgIpc) is 2.20. The number of rotatable bonds is 6. The average molecular weight is 256 g/mol. The molecule has 0 N–H and O–H groups in total. The zero-order valence-corrected chi connectivity index (χ0v) is 12.5. The Morgan fingerprint density at radius 3 is 1.94 bits per heavy atom. The highest BCUT2D eigenvalue weighted by molar-refractivity contribution is 5.38. The van der Waals surface area contributed by atoms with Crippen LogP contribution in [-0.2, 0) is 0 Å². The molecule has 0 aliphatic rings. The second kappa shape index (κ2) is 6.86. The third kappa shape index (κ3) is 6.13. The van der Waals surface area contributed by atoms with E-state index in [1.807, 2.05) is 26.8 Å². The lowest BCUT2D eigenvalue weighted by Gasteiger charge is -2.20. The quantitative estimate of drug-likeness (QED) is 0.529. The molecule has 0 fully saturated rings. The van der Waals surface area contributed by atoms with E-state index in [2.05, 4.69) is 20.4 Å². The SMILES string of the molecule is C=C(/C=C(\C(=C/C)CC(C)(F)F)C(C)C)C(C)C. The van der Waals surface area contributed by atoms with Gasteiger partial charge in [-0.2, -0.15) is 0 Å². The second-order valence-electron chi connectivity index (χ2n) is 5.54. The van der Waals surface area contributed by atoms with E-state index in [-0.39, 0.29) is 12.3 Å². The maximum absolute atomic E-state index is 13.2. The van der Waals surface area contributed by atoms with Crippen molar-refractivity contribution in [3.8, 4) is 0 Å². The van der Waals surface area contributed by atoms with Crippen LogP contribution in [0.4, 0.5) is 8.78 Å². The van der Waals surface area contributed by atoms with Crippen molar-refractivity contribution < 1.29 is 8.78 Å². The monoisotopic (exact) mass is 256 g/mol. The molecule has 0 amide bonds. The van der Waals surface area contributed by atoms with Crippen LogP contribution in [0.1, 0.15) is 48.0 Å². The second-order valence-corrected chi connectivity index (χ2v) is 5.54.